The fraction of sp³-hybridized carbons (Fsp3) is 1.00. The van der Waals surface area contributed by atoms with Crippen LogP contribution in [0.1, 0.15) is 26.7 Å². The second kappa shape index (κ2) is 2.49. The summed E-state index contributed by atoms with van der Waals surface area (Å²) in [5.74, 6) is 0.797. The highest BCUT2D eigenvalue weighted by molar-refractivity contribution is 4.62. The summed E-state index contributed by atoms with van der Waals surface area (Å²) >= 11 is 0. The topological polar surface area (TPSA) is 9.23 Å². The van der Waals surface area contributed by atoms with Gasteiger partial charge in [-0.05, 0) is 25.7 Å². The van der Waals surface area contributed by atoms with E-state index >= 15 is 0 Å². The summed E-state index contributed by atoms with van der Waals surface area (Å²) < 4.78 is 5.39. The molecule has 1 rings (SSSR count). The summed E-state index contributed by atoms with van der Waals surface area (Å²) in [6.45, 7) is 5.36. The van der Waals surface area contributed by atoms with Gasteiger partial charge >= 0.3 is 0 Å². The van der Waals surface area contributed by atoms with E-state index in [0.29, 0.717) is 6.10 Å². The molecule has 0 aliphatic carbocycles. The highest BCUT2D eigenvalue weighted by Gasteiger charge is 2.13. The van der Waals surface area contributed by atoms with Gasteiger partial charge in [-0.1, -0.05) is 6.92 Å². The molecule has 8 heavy (non-hydrogen) atoms. The van der Waals surface area contributed by atoms with Gasteiger partial charge in [0.05, 0.1) is 6.10 Å². The van der Waals surface area contributed by atoms with E-state index in [0.717, 1.165) is 12.5 Å². The van der Waals surface area contributed by atoms with Crippen LogP contribution in [0.2, 0.25) is 0 Å². The maximum atomic E-state index is 5.39. The zero-order chi connectivity index (χ0) is 5.98. The van der Waals surface area contributed by atoms with Crippen molar-refractivity contribution in [1.82, 2.24) is 0 Å². The second-order valence-electron chi connectivity index (χ2n) is 2.83. The Morgan fingerprint density at radius 1 is 1.25 bits per heavy atom. The minimum Gasteiger partial charge on any atom is -0.378 e. The summed E-state index contributed by atoms with van der Waals surface area (Å²) in [4.78, 5) is 0. The van der Waals surface area contributed by atoms with Crippen molar-refractivity contribution in [2.24, 2.45) is 5.92 Å². The summed E-state index contributed by atoms with van der Waals surface area (Å²) in [5, 5.41) is 0. The van der Waals surface area contributed by atoms with Gasteiger partial charge in [-0.2, -0.15) is 0 Å². The molecule has 0 spiro atoms. The maximum absolute atomic E-state index is 5.39. The van der Waals surface area contributed by atoms with Crippen molar-refractivity contribution in [3.63, 3.8) is 0 Å². The van der Waals surface area contributed by atoms with Crippen molar-refractivity contribution in [1.29, 1.82) is 0 Å². The van der Waals surface area contributed by atoms with Gasteiger partial charge in [0.15, 0.2) is 0 Å². The number of rotatable bonds is 0. The average Bonchev–Trinajstić information content (AvgIpc) is 1.77. The third kappa shape index (κ3) is 1.48. The van der Waals surface area contributed by atoms with Crippen LogP contribution in [0.3, 0.4) is 0 Å². The predicted molar refractivity (Wildman–Crippen MR) is 33.8 cm³/mol. The van der Waals surface area contributed by atoms with E-state index in [1.807, 2.05) is 0 Å². The van der Waals surface area contributed by atoms with Crippen molar-refractivity contribution in [2.75, 3.05) is 6.61 Å². The molecule has 0 radical (unpaired) electrons. The lowest BCUT2D eigenvalue weighted by Gasteiger charge is -2.23. The van der Waals surface area contributed by atoms with Crippen molar-refractivity contribution in [3.8, 4) is 0 Å². The summed E-state index contributed by atoms with van der Waals surface area (Å²) in [6.07, 6.45) is 3.12. The van der Waals surface area contributed by atoms with Crippen LogP contribution in [0.25, 0.3) is 0 Å². The van der Waals surface area contributed by atoms with Gasteiger partial charge in [-0.3, -0.25) is 0 Å². The maximum Gasteiger partial charge on any atom is 0.0547 e. The molecule has 1 heterocycles. The molecular weight excluding hydrogens is 100 g/mol. The van der Waals surface area contributed by atoms with Gasteiger partial charge in [0.25, 0.3) is 0 Å². The quantitative estimate of drug-likeness (QED) is 0.466. The summed E-state index contributed by atoms with van der Waals surface area (Å²) in [5.41, 5.74) is 0. The molecular formula is C7H14O. The van der Waals surface area contributed by atoms with E-state index in [4.69, 9.17) is 4.74 Å². The highest BCUT2D eigenvalue weighted by Crippen LogP contribution is 2.16. The number of hydrogen-bond acceptors (Lipinski definition) is 1. The molecule has 0 aromatic carbocycles. The van der Waals surface area contributed by atoms with Crippen LogP contribution < -0.4 is 0 Å². The van der Waals surface area contributed by atoms with Crippen molar-refractivity contribution >= 4 is 0 Å². The van der Waals surface area contributed by atoms with E-state index < -0.39 is 0 Å². The Balaban J connectivity index is 2.19. The molecule has 0 saturated carbocycles. The molecule has 0 bridgehead atoms. The fourth-order valence-electron chi connectivity index (χ4n) is 1.01. The van der Waals surface area contributed by atoms with Crippen LogP contribution in [0, 0.1) is 5.92 Å². The van der Waals surface area contributed by atoms with Crippen LogP contribution >= 0.6 is 0 Å². The minimum atomic E-state index is 0.520. The van der Waals surface area contributed by atoms with E-state index in [-0.39, 0.29) is 0 Å². The molecule has 0 aromatic rings. The normalized spacial score (nSPS) is 39.8. The highest BCUT2D eigenvalue weighted by atomic mass is 16.5. The van der Waals surface area contributed by atoms with E-state index in [1.54, 1.807) is 0 Å². The van der Waals surface area contributed by atoms with Crippen molar-refractivity contribution in [3.05, 3.63) is 0 Å². The van der Waals surface area contributed by atoms with Crippen LogP contribution in [-0.4, -0.2) is 12.7 Å². The Labute approximate surface area is 51.0 Å². The molecule has 0 aromatic heterocycles. The minimum absolute atomic E-state index is 0.520. The van der Waals surface area contributed by atoms with E-state index in [2.05, 4.69) is 13.8 Å². The standard InChI is InChI=1S/C7H14O/c1-6-3-4-7(2)8-5-6/h6-7H,3-5H2,1-2H3/t6-,7?/m0/s1. The van der Waals surface area contributed by atoms with Crippen LogP contribution in [-0.2, 0) is 4.74 Å². The lowest BCUT2D eigenvalue weighted by molar-refractivity contribution is 0.000267. The molecule has 1 unspecified atom stereocenters. The summed E-state index contributed by atoms with van der Waals surface area (Å²) in [7, 11) is 0. The molecule has 1 heteroatoms. The van der Waals surface area contributed by atoms with Crippen molar-refractivity contribution < 1.29 is 4.74 Å². The Bertz CT molecular complexity index is 52.8. The third-order valence-electron chi connectivity index (χ3n) is 1.73. The molecule has 48 valence electrons. The molecule has 1 saturated heterocycles. The first-order valence-corrected chi connectivity index (χ1v) is 3.40. The zero-order valence-corrected chi connectivity index (χ0v) is 5.68. The zero-order valence-electron chi connectivity index (χ0n) is 5.68. The largest absolute Gasteiger partial charge is 0.378 e. The fourth-order valence-corrected chi connectivity index (χ4v) is 1.01. The molecule has 1 aliphatic rings. The van der Waals surface area contributed by atoms with Crippen LogP contribution in [0.4, 0.5) is 0 Å². The van der Waals surface area contributed by atoms with Crippen LogP contribution in [0.15, 0.2) is 0 Å². The molecule has 0 amide bonds. The number of ether oxygens (including phenoxy) is 1. The monoisotopic (exact) mass is 114 g/mol. The first-order valence-electron chi connectivity index (χ1n) is 3.40. The lowest BCUT2D eigenvalue weighted by Crippen LogP contribution is -2.21. The SMILES string of the molecule is CC1CC[C@H](C)CO1. The molecule has 2 atom stereocenters. The smallest absolute Gasteiger partial charge is 0.0547 e. The molecule has 1 nitrogen and oxygen atoms in total. The van der Waals surface area contributed by atoms with Gasteiger partial charge in [0, 0.05) is 6.61 Å². The third-order valence-corrected chi connectivity index (χ3v) is 1.73. The Kier molecular flexibility index (Phi) is 1.90. The first kappa shape index (κ1) is 6.09. The van der Waals surface area contributed by atoms with Gasteiger partial charge in [-0.15, -0.1) is 0 Å². The predicted octanol–water partition coefficient (Wildman–Crippen LogP) is 1.82. The van der Waals surface area contributed by atoms with Gasteiger partial charge in [0.1, 0.15) is 0 Å². The van der Waals surface area contributed by atoms with Gasteiger partial charge in [-0.25, -0.2) is 0 Å². The summed E-state index contributed by atoms with van der Waals surface area (Å²) in [6, 6.07) is 0. The first-order chi connectivity index (χ1) is 3.79. The Hall–Kier alpha value is -0.0400. The average molecular weight is 114 g/mol. The van der Waals surface area contributed by atoms with Gasteiger partial charge in [0.2, 0.25) is 0 Å². The van der Waals surface area contributed by atoms with E-state index in [9.17, 15) is 0 Å². The van der Waals surface area contributed by atoms with Crippen LogP contribution in [0.5, 0.6) is 0 Å². The van der Waals surface area contributed by atoms with Gasteiger partial charge < -0.3 is 4.74 Å². The molecule has 1 fully saturated rings. The molecule has 0 N–H and O–H groups in total. The van der Waals surface area contributed by atoms with E-state index in [1.165, 1.54) is 12.8 Å². The second-order valence-corrected chi connectivity index (χ2v) is 2.83. The van der Waals surface area contributed by atoms with Crippen molar-refractivity contribution in [2.45, 2.75) is 32.8 Å². The molecule has 1 aliphatic heterocycles. The Morgan fingerprint density at radius 2 is 2.00 bits per heavy atom. The Morgan fingerprint density at radius 3 is 2.38 bits per heavy atom. The lowest BCUT2D eigenvalue weighted by atomic mass is 10.0. The number of hydrogen-bond donors (Lipinski definition) is 0.